The normalized spacial score (nSPS) is 12.3. The molecule has 94 valence electrons. The second kappa shape index (κ2) is 5.85. The summed E-state index contributed by atoms with van der Waals surface area (Å²) in [5.41, 5.74) is 8.92. The molecule has 1 unspecified atom stereocenters. The monoisotopic (exact) mass is 261 g/mol. The molecule has 1 heterocycles. The number of hydrogen-bond acceptors (Lipinski definition) is 3. The Morgan fingerprint density at radius 1 is 1.39 bits per heavy atom. The van der Waals surface area contributed by atoms with E-state index in [4.69, 9.17) is 17.3 Å². The quantitative estimate of drug-likeness (QED) is 0.890. The molecule has 0 saturated heterocycles. The van der Waals surface area contributed by atoms with Crippen LogP contribution in [0.25, 0.3) is 0 Å². The molecule has 0 bridgehead atoms. The summed E-state index contributed by atoms with van der Waals surface area (Å²) in [5.74, 6) is 0. The van der Waals surface area contributed by atoms with Gasteiger partial charge in [-0.2, -0.15) is 0 Å². The molecule has 1 aromatic carbocycles. The number of rotatable bonds is 4. The number of likely N-dealkylation sites (N-methyl/N-ethyl adjacent to an activating group) is 1. The molecule has 3 N–H and O–H groups in total. The summed E-state index contributed by atoms with van der Waals surface area (Å²) in [6.45, 7) is 0. The van der Waals surface area contributed by atoms with E-state index in [-0.39, 0.29) is 6.04 Å². The third kappa shape index (κ3) is 3.00. The molecule has 4 heteroatoms. The van der Waals surface area contributed by atoms with E-state index in [1.807, 2.05) is 31.3 Å². The van der Waals surface area contributed by atoms with Crippen molar-refractivity contribution in [2.45, 2.75) is 12.5 Å². The van der Waals surface area contributed by atoms with Gasteiger partial charge in [0.15, 0.2) is 0 Å². The number of nitrogens with zero attached hydrogens (tertiary/aromatic N) is 1. The van der Waals surface area contributed by atoms with E-state index < -0.39 is 0 Å². The number of nitrogens with one attached hydrogen (secondary N) is 1. The van der Waals surface area contributed by atoms with Gasteiger partial charge >= 0.3 is 0 Å². The zero-order valence-corrected chi connectivity index (χ0v) is 11.0. The maximum atomic E-state index is 5.99. The number of nitrogens with two attached hydrogens (primary N) is 1. The highest BCUT2D eigenvalue weighted by Gasteiger charge is 2.13. The van der Waals surface area contributed by atoms with Gasteiger partial charge in [-0.15, -0.1) is 0 Å². The summed E-state index contributed by atoms with van der Waals surface area (Å²) in [5, 5.41) is 4.02. The Morgan fingerprint density at radius 2 is 2.22 bits per heavy atom. The molecular formula is C14H16ClN3. The van der Waals surface area contributed by atoms with Crippen LogP contribution in [0.1, 0.15) is 17.2 Å². The minimum atomic E-state index is 0.136. The van der Waals surface area contributed by atoms with Gasteiger partial charge in [0.1, 0.15) is 0 Å². The maximum absolute atomic E-state index is 5.99. The first-order valence-electron chi connectivity index (χ1n) is 5.82. The highest BCUT2D eigenvalue weighted by Crippen LogP contribution is 2.23. The molecular weight excluding hydrogens is 246 g/mol. The van der Waals surface area contributed by atoms with Crippen molar-refractivity contribution in [1.82, 2.24) is 10.3 Å². The van der Waals surface area contributed by atoms with Crippen molar-refractivity contribution in [1.29, 1.82) is 0 Å². The molecule has 1 aromatic heterocycles. The van der Waals surface area contributed by atoms with Gasteiger partial charge in [-0.25, -0.2) is 0 Å². The van der Waals surface area contributed by atoms with Crippen molar-refractivity contribution in [3.8, 4) is 0 Å². The minimum absolute atomic E-state index is 0.136. The fraction of sp³-hybridized carbons (Fsp3) is 0.214. The third-order valence-electron chi connectivity index (χ3n) is 2.94. The van der Waals surface area contributed by atoms with Gasteiger partial charge in [-0.05, 0) is 37.2 Å². The molecule has 0 spiro atoms. The predicted molar refractivity (Wildman–Crippen MR) is 75.6 cm³/mol. The van der Waals surface area contributed by atoms with Crippen LogP contribution in [-0.4, -0.2) is 12.0 Å². The lowest BCUT2D eigenvalue weighted by Crippen LogP contribution is -2.20. The molecule has 0 fully saturated rings. The molecule has 18 heavy (non-hydrogen) atoms. The van der Waals surface area contributed by atoms with Crippen molar-refractivity contribution < 1.29 is 0 Å². The van der Waals surface area contributed by atoms with Crippen molar-refractivity contribution >= 4 is 17.3 Å². The standard InChI is InChI=1S/C14H16ClN3/c1-17-14(12-9-18-6-5-13(12)16)8-10-3-2-4-11(15)7-10/h2-7,9,14,17H,8H2,1H3,(H2,16,18). The van der Waals surface area contributed by atoms with Crippen LogP contribution in [-0.2, 0) is 6.42 Å². The molecule has 1 atom stereocenters. The van der Waals surface area contributed by atoms with Gasteiger partial charge < -0.3 is 11.1 Å². The molecule has 0 amide bonds. The fourth-order valence-corrected chi connectivity index (χ4v) is 2.19. The minimum Gasteiger partial charge on any atom is -0.398 e. The summed E-state index contributed by atoms with van der Waals surface area (Å²) in [4.78, 5) is 4.13. The summed E-state index contributed by atoms with van der Waals surface area (Å²) in [6, 6.07) is 9.81. The highest BCUT2D eigenvalue weighted by atomic mass is 35.5. The van der Waals surface area contributed by atoms with E-state index >= 15 is 0 Å². The lowest BCUT2D eigenvalue weighted by Gasteiger charge is -2.18. The zero-order chi connectivity index (χ0) is 13.0. The molecule has 0 aliphatic carbocycles. The summed E-state index contributed by atoms with van der Waals surface area (Å²) < 4.78 is 0. The van der Waals surface area contributed by atoms with E-state index in [2.05, 4.69) is 16.4 Å². The van der Waals surface area contributed by atoms with Gasteiger partial charge in [0, 0.05) is 34.7 Å². The van der Waals surface area contributed by atoms with Crippen molar-refractivity contribution in [2.24, 2.45) is 0 Å². The Bertz CT molecular complexity index is 528. The maximum Gasteiger partial charge on any atom is 0.0408 e. The van der Waals surface area contributed by atoms with Crippen LogP contribution >= 0.6 is 11.6 Å². The molecule has 0 saturated carbocycles. The Morgan fingerprint density at radius 3 is 2.89 bits per heavy atom. The predicted octanol–water partition coefficient (Wildman–Crippen LogP) is 2.82. The van der Waals surface area contributed by atoms with Crippen molar-refractivity contribution in [3.63, 3.8) is 0 Å². The van der Waals surface area contributed by atoms with Crippen molar-refractivity contribution in [2.75, 3.05) is 12.8 Å². The SMILES string of the molecule is CNC(Cc1cccc(Cl)c1)c1cnccc1N. The Labute approximate surface area is 112 Å². The van der Waals surface area contributed by atoms with Crippen LogP contribution in [0.4, 0.5) is 5.69 Å². The second-order valence-corrected chi connectivity index (χ2v) is 4.62. The van der Waals surface area contributed by atoms with Crippen molar-refractivity contribution in [3.05, 3.63) is 58.9 Å². The average Bonchev–Trinajstić information content (AvgIpc) is 2.37. The number of aromatic nitrogens is 1. The van der Waals surface area contributed by atoms with E-state index in [0.29, 0.717) is 0 Å². The number of hydrogen-bond donors (Lipinski definition) is 2. The second-order valence-electron chi connectivity index (χ2n) is 4.18. The average molecular weight is 262 g/mol. The van der Waals surface area contributed by atoms with Crippen LogP contribution in [0, 0.1) is 0 Å². The van der Waals surface area contributed by atoms with Gasteiger partial charge in [-0.3, -0.25) is 4.98 Å². The Hall–Kier alpha value is -1.58. The number of halogens is 1. The van der Waals surface area contributed by atoms with Crippen LogP contribution < -0.4 is 11.1 Å². The number of pyridine rings is 1. The molecule has 0 aliphatic rings. The van der Waals surface area contributed by atoms with E-state index in [0.717, 1.165) is 22.7 Å². The lowest BCUT2D eigenvalue weighted by atomic mass is 9.99. The molecule has 0 radical (unpaired) electrons. The van der Waals surface area contributed by atoms with Gasteiger partial charge in [-0.1, -0.05) is 23.7 Å². The fourth-order valence-electron chi connectivity index (χ4n) is 1.98. The van der Waals surface area contributed by atoms with Gasteiger partial charge in [0.2, 0.25) is 0 Å². The lowest BCUT2D eigenvalue weighted by molar-refractivity contribution is 0.592. The Kier molecular flexibility index (Phi) is 4.18. The molecule has 3 nitrogen and oxygen atoms in total. The Balaban J connectivity index is 2.23. The smallest absolute Gasteiger partial charge is 0.0408 e. The van der Waals surface area contributed by atoms with Gasteiger partial charge in [0.05, 0.1) is 0 Å². The van der Waals surface area contributed by atoms with E-state index in [1.165, 1.54) is 5.56 Å². The first kappa shape index (κ1) is 12.9. The third-order valence-corrected chi connectivity index (χ3v) is 3.17. The first-order chi connectivity index (χ1) is 8.70. The first-order valence-corrected chi connectivity index (χ1v) is 6.19. The topological polar surface area (TPSA) is 50.9 Å². The van der Waals surface area contributed by atoms with E-state index in [1.54, 1.807) is 12.4 Å². The van der Waals surface area contributed by atoms with E-state index in [9.17, 15) is 0 Å². The molecule has 2 aromatic rings. The van der Waals surface area contributed by atoms with Crippen LogP contribution in [0.3, 0.4) is 0 Å². The van der Waals surface area contributed by atoms with Gasteiger partial charge in [0.25, 0.3) is 0 Å². The van der Waals surface area contributed by atoms with Crippen LogP contribution in [0.2, 0.25) is 5.02 Å². The van der Waals surface area contributed by atoms with Crippen LogP contribution in [0.15, 0.2) is 42.7 Å². The number of benzene rings is 1. The summed E-state index contributed by atoms with van der Waals surface area (Å²) in [7, 11) is 1.92. The number of anilines is 1. The zero-order valence-electron chi connectivity index (χ0n) is 10.2. The highest BCUT2D eigenvalue weighted by molar-refractivity contribution is 6.30. The van der Waals surface area contributed by atoms with Crippen LogP contribution in [0.5, 0.6) is 0 Å². The molecule has 0 aliphatic heterocycles. The summed E-state index contributed by atoms with van der Waals surface area (Å²) in [6.07, 6.45) is 4.33. The summed E-state index contributed by atoms with van der Waals surface area (Å²) >= 11 is 5.99. The largest absolute Gasteiger partial charge is 0.398 e. The molecule has 2 rings (SSSR count). The number of nitrogen functional groups attached to an aromatic ring is 1.